The predicted octanol–water partition coefficient (Wildman–Crippen LogP) is 4.03. The summed E-state index contributed by atoms with van der Waals surface area (Å²) >= 11 is 0. The summed E-state index contributed by atoms with van der Waals surface area (Å²) in [6.45, 7) is 1.70. The van der Waals surface area contributed by atoms with Crippen molar-refractivity contribution < 1.29 is 18.0 Å². The first kappa shape index (κ1) is 20.3. The van der Waals surface area contributed by atoms with Gasteiger partial charge in [-0.05, 0) is 18.1 Å². The van der Waals surface area contributed by atoms with Crippen LogP contribution in [0.15, 0.2) is 65.5 Å². The second kappa shape index (κ2) is 8.30. The van der Waals surface area contributed by atoms with Gasteiger partial charge in [0.05, 0.1) is 12.5 Å². The number of hydrogen-bond acceptors (Lipinski definition) is 3. The Bertz CT molecular complexity index is 1050. The van der Waals surface area contributed by atoms with Gasteiger partial charge in [0.15, 0.2) is 0 Å². The fourth-order valence-electron chi connectivity index (χ4n) is 2.82. The minimum atomic E-state index is -4.27. The highest BCUT2D eigenvalue weighted by Crippen LogP contribution is 2.22. The highest BCUT2D eigenvalue weighted by molar-refractivity contribution is 5.92. The molecule has 0 saturated heterocycles. The lowest BCUT2D eigenvalue weighted by atomic mass is 10.0. The molecule has 8 heteroatoms. The number of amides is 1. The summed E-state index contributed by atoms with van der Waals surface area (Å²) in [5.41, 5.74) is 0.926. The molecule has 0 bridgehead atoms. The first-order valence-electron chi connectivity index (χ1n) is 8.84. The Morgan fingerprint density at radius 3 is 2.38 bits per heavy atom. The van der Waals surface area contributed by atoms with Crippen LogP contribution in [0.4, 0.5) is 13.2 Å². The molecule has 5 nitrogen and oxygen atoms in total. The quantitative estimate of drug-likeness (QED) is 0.678. The molecule has 0 aliphatic heterocycles. The van der Waals surface area contributed by atoms with E-state index in [9.17, 15) is 22.8 Å². The fourth-order valence-corrected chi connectivity index (χ4v) is 2.82. The van der Waals surface area contributed by atoms with E-state index in [0.29, 0.717) is 11.1 Å². The Kier molecular flexibility index (Phi) is 5.81. The van der Waals surface area contributed by atoms with Crippen molar-refractivity contribution in [3.05, 3.63) is 87.8 Å². The number of alkyl halides is 3. The van der Waals surface area contributed by atoms with Gasteiger partial charge in [-0.2, -0.15) is 13.2 Å². The number of benzene rings is 2. The van der Waals surface area contributed by atoms with Crippen LogP contribution in [-0.4, -0.2) is 22.1 Å². The monoisotopic (exact) mass is 401 g/mol. The molecule has 0 aliphatic carbocycles. The molecule has 2 aromatic carbocycles. The normalized spacial score (nSPS) is 12.4. The van der Waals surface area contributed by atoms with Crippen molar-refractivity contribution in [2.75, 3.05) is 0 Å². The third-order valence-corrected chi connectivity index (χ3v) is 4.25. The lowest BCUT2D eigenvalue weighted by molar-refractivity contribution is -0.127. The van der Waals surface area contributed by atoms with Crippen molar-refractivity contribution in [3.8, 4) is 11.4 Å². The molecule has 1 heterocycles. The van der Waals surface area contributed by atoms with Gasteiger partial charge in [0, 0.05) is 11.6 Å². The Morgan fingerprint density at radius 2 is 1.76 bits per heavy atom. The smallest absolute Gasteiger partial charge is 0.344 e. The maximum absolute atomic E-state index is 12.5. The zero-order valence-corrected chi connectivity index (χ0v) is 15.5. The van der Waals surface area contributed by atoms with Gasteiger partial charge in [-0.15, -0.1) is 0 Å². The Labute approximate surface area is 164 Å². The van der Waals surface area contributed by atoms with Crippen LogP contribution in [0.3, 0.4) is 0 Å². The van der Waals surface area contributed by atoms with Crippen molar-refractivity contribution >= 4 is 5.91 Å². The van der Waals surface area contributed by atoms with Crippen LogP contribution in [0.25, 0.3) is 11.4 Å². The molecule has 0 radical (unpaired) electrons. The lowest BCUT2D eigenvalue weighted by Gasteiger charge is -2.15. The molecule has 1 atom stereocenters. The second-order valence-electron chi connectivity index (χ2n) is 6.57. The summed E-state index contributed by atoms with van der Waals surface area (Å²) in [6.07, 6.45) is -5.28. The number of H-pyrrole nitrogens is 1. The highest BCUT2D eigenvalue weighted by Gasteiger charge is 2.27. The molecular weight excluding hydrogens is 383 g/mol. The Hall–Kier alpha value is -3.42. The van der Waals surface area contributed by atoms with Crippen LogP contribution in [0.2, 0.25) is 0 Å². The third kappa shape index (κ3) is 5.54. The zero-order chi connectivity index (χ0) is 21.0. The first-order chi connectivity index (χ1) is 13.7. The van der Waals surface area contributed by atoms with Crippen molar-refractivity contribution in [2.45, 2.75) is 25.6 Å². The molecule has 1 amide bonds. The summed E-state index contributed by atoms with van der Waals surface area (Å²) in [7, 11) is 0. The van der Waals surface area contributed by atoms with E-state index in [1.165, 1.54) is 24.3 Å². The molecule has 1 aromatic heterocycles. The standard InChI is InChI=1S/C21H18F3N3O2/c1-13(15-9-7-14(8-10-15)12-21(22,23)24)25-20(29)17-11-18(28)27-19(26-17)16-5-3-2-4-6-16/h2-11,13H,12H2,1H3,(H,25,29)(H,26,27,28)/t13-/m1/s1. The molecular formula is C21H18F3N3O2. The minimum absolute atomic E-state index is 0.0480. The van der Waals surface area contributed by atoms with E-state index in [1.807, 2.05) is 6.07 Å². The fraction of sp³-hybridized carbons (Fsp3) is 0.190. The number of aromatic amines is 1. The van der Waals surface area contributed by atoms with Crippen LogP contribution in [-0.2, 0) is 6.42 Å². The van der Waals surface area contributed by atoms with Gasteiger partial charge in [0.1, 0.15) is 11.5 Å². The van der Waals surface area contributed by atoms with Crippen LogP contribution in [0, 0.1) is 0 Å². The second-order valence-corrected chi connectivity index (χ2v) is 6.57. The Balaban J connectivity index is 1.74. The van der Waals surface area contributed by atoms with E-state index in [1.54, 1.807) is 31.2 Å². The van der Waals surface area contributed by atoms with Gasteiger partial charge in [-0.3, -0.25) is 9.59 Å². The van der Waals surface area contributed by atoms with E-state index in [0.717, 1.165) is 6.07 Å². The van der Waals surface area contributed by atoms with E-state index >= 15 is 0 Å². The number of nitrogens with one attached hydrogen (secondary N) is 2. The number of hydrogen-bond donors (Lipinski definition) is 2. The van der Waals surface area contributed by atoms with Gasteiger partial charge >= 0.3 is 6.18 Å². The minimum Gasteiger partial charge on any atom is -0.344 e. The number of nitrogens with zero attached hydrogens (tertiary/aromatic N) is 1. The van der Waals surface area contributed by atoms with Crippen molar-refractivity contribution in [1.29, 1.82) is 0 Å². The summed E-state index contributed by atoms with van der Waals surface area (Å²) in [4.78, 5) is 31.3. The third-order valence-electron chi connectivity index (χ3n) is 4.25. The summed E-state index contributed by atoms with van der Waals surface area (Å²) in [6, 6.07) is 15.3. The molecule has 0 aliphatic rings. The van der Waals surface area contributed by atoms with Gasteiger partial charge in [0.25, 0.3) is 11.5 Å². The largest absolute Gasteiger partial charge is 0.393 e. The zero-order valence-electron chi connectivity index (χ0n) is 15.5. The van der Waals surface area contributed by atoms with Crippen LogP contribution < -0.4 is 10.9 Å². The topological polar surface area (TPSA) is 74.8 Å². The number of carbonyl (C=O) groups excluding carboxylic acids is 1. The first-order valence-corrected chi connectivity index (χ1v) is 8.84. The van der Waals surface area contributed by atoms with Crippen molar-refractivity contribution in [3.63, 3.8) is 0 Å². The SMILES string of the molecule is C[C@@H](NC(=O)c1cc(=O)[nH]c(-c2ccccc2)n1)c1ccc(CC(F)(F)F)cc1. The van der Waals surface area contributed by atoms with E-state index in [-0.39, 0.29) is 17.1 Å². The Morgan fingerprint density at radius 1 is 1.10 bits per heavy atom. The summed E-state index contributed by atoms with van der Waals surface area (Å²) < 4.78 is 37.4. The molecule has 0 unspecified atom stereocenters. The van der Waals surface area contributed by atoms with Crippen LogP contribution >= 0.6 is 0 Å². The number of halogens is 3. The summed E-state index contributed by atoms with van der Waals surface area (Å²) in [5, 5.41) is 2.71. The van der Waals surface area contributed by atoms with Gasteiger partial charge in [-0.1, -0.05) is 54.6 Å². The molecule has 3 rings (SSSR count). The van der Waals surface area contributed by atoms with Crippen molar-refractivity contribution in [1.82, 2.24) is 15.3 Å². The predicted molar refractivity (Wildman–Crippen MR) is 102 cm³/mol. The average Bonchev–Trinajstić information content (AvgIpc) is 2.67. The summed E-state index contributed by atoms with van der Waals surface area (Å²) in [5.74, 6) is -0.285. The van der Waals surface area contributed by atoms with E-state index in [4.69, 9.17) is 0 Å². The maximum atomic E-state index is 12.5. The van der Waals surface area contributed by atoms with Gasteiger partial charge in [-0.25, -0.2) is 4.98 Å². The molecule has 0 spiro atoms. The van der Waals surface area contributed by atoms with Gasteiger partial charge in [0.2, 0.25) is 0 Å². The van der Waals surface area contributed by atoms with E-state index < -0.39 is 30.1 Å². The maximum Gasteiger partial charge on any atom is 0.393 e. The molecule has 0 fully saturated rings. The molecule has 29 heavy (non-hydrogen) atoms. The lowest BCUT2D eigenvalue weighted by Crippen LogP contribution is -2.29. The van der Waals surface area contributed by atoms with Crippen LogP contribution in [0.5, 0.6) is 0 Å². The number of rotatable bonds is 5. The number of carbonyl (C=O) groups is 1. The van der Waals surface area contributed by atoms with Crippen molar-refractivity contribution in [2.24, 2.45) is 0 Å². The average molecular weight is 401 g/mol. The molecule has 3 aromatic rings. The molecule has 150 valence electrons. The van der Waals surface area contributed by atoms with E-state index in [2.05, 4.69) is 15.3 Å². The van der Waals surface area contributed by atoms with Gasteiger partial charge < -0.3 is 10.3 Å². The molecule has 0 saturated carbocycles. The molecule has 2 N–H and O–H groups in total. The van der Waals surface area contributed by atoms with Crippen LogP contribution in [0.1, 0.15) is 34.6 Å². The highest BCUT2D eigenvalue weighted by atomic mass is 19.4. The number of aromatic nitrogens is 2.